The van der Waals surface area contributed by atoms with Crippen LogP contribution in [0.3, 0.4) is 0 Å². The fraction of sp³-hybridized carbons (Fsp3) is 0.0769. The van der Waals surface area contributed by atoms with Crippen molar-refractivity contribution in [3.8, 4) is 5.75 Å². The summed E-state index contributed by atoms with van der Waals surface area (Å²) in [7, 11) is 0. The Morgan fingerprint density at radius 2 is 1.79 bits per heavy atom. The molecule has 0 unspecified atom stereocenters. The fourth-order valence-corrected chi connectivity index (χ4v) is 3.75. The van der Waals surface area contributed by atoms with Crippen LogP contribution in [0.25, 0.3) is 6.08 Å². The summed E-state index contributed by atoms with van der Waals surface area (Å²) in [5, 5.41) is 11.7. The number of thiocarbonyl (C=S) groups is 1. The minimum absolute atomic E-state index is 0.0315. The highest BCUT2D eigenvalue weighted by Gasteiger charge is 2.34. The molecule has 3 aromatic rings. The van der Waals surface area contributed by atoms with Crippen LogP contribution >= 0.6 is 12.2 Å². The first-order valence-electron chi connectivity index (χ1n) is 10.4. The number of ether oxygens (including phenoxy) is 1. The number of hydrogen-bond acceptors (Lipinski definition) is 5. The van der Waals surface area contributed by atoms with E-state index in [9.17, 15) is 14.4 Å². The number of anilines is 1. The standard InChI is InChI=1S/C26H20N2O5S/c1-16-5-2-3-8-22(16)28-24(30)21(23(29)27-26(28)34)14-17-9-11-20(12-10-17)33-15-18-6-4-7-19(13-18)25(31)32/h2-14H,15H2,1H3,(H,31,32)(H,27,29,34). The van der Waals surface area contributed by atoms with Gasteiger partial charge in [-0.2, -0.15) is 0 Å². The fourth-order valence-electron chi connectivity index (χ4n) is 3.48. The Morgan fingerprint density at radius 3 is 2.50 bits per heavy atom. The third kappa shape index (κ3) is 4.87. The zero-order valence-corrected chi connectivity index (χ0v) is 19.0. The molecule has 1 aliphatic rings. The van der Waals surface area contributed by atoms with Gasteiger partial charge in [-0.3, -0.25) is 19.8 Å². The van der Waals surface area contributed by atoms with Crippen molar-refractivity contribution in [2.75, 3.05) is 4.90 Å². The van der Waals surface area contributed by atoms with Crippen molar-refractivity contribution in [1.82, 2.24) is 5.32 Å². The first-order chi connectivity index (χ1) is 16.3. The predicted molar refractivity (Wildman–Crippen MR) is 132 cm³/mol. The average Bonchev–Trinajstić information content (AvgIpc) is 2.82. The van der Waals surface area contributed by atoms with Crippen LogP contribution in [0.4, 0.5) is 5.69 Å². The number of nitrogens with zero attached hydrogens (tertiary/aromatic N) is 1. The van der Waals surface area contributed by atoms with Gasteiger partial charge in [0.1, 0.15) is 17.9 Å². The largest absolute Gasteiger partial charge is 0.489 e. The van der Waals surface area contributed by atoms with Crippen LogP contribution in [0.1, 0.15) is 27.0 Å². The molecule has 3 aromatic carbocycles. The van der Waals surface area contributed by atoms with Crippen LogP contribution in [-0.2, 0) is 16.2 Å². The first kappa shape index (κ1) is 22.9. The van der Waals surface area contributed by atoms with Gasteiger partial charge in [-0.15, -0.1) is 0 Å². The van der Waals surface area contributed by atoms with E-state index in [0.717, 1.165) is 11.1 Å². The van der Waals surface area contributed by atoms with Gasteiger partial charge in [0.15, 0.2) is 5.11 Å². The summed E-state index contributed by atoms with van der Waals surface area (Å²) in [6.45, 7) is 2.06. The van der Waals surface area contributed by atoms with E-state index >= 15 is 0 Å². The second-order valence-electron chi connectivity index (χ2n) is 7.61. The molecule has 1 fully saturated rings. The van der Waals surface area contributed by atoms with E-state index in [1.54, 1.807) is 54.6 Å². The van der Waals surface area contributed by atoms with Crippen LogP contribution in [0.15, 0.2) is 78.4 Å². The molecule has 1 saturated heterocycles. The third-order valence-corrected chi connectivity index (χ3v) is 5.51. The van der Waals surface area contributed by atoms with Crippen molar-refractivity contribution in [2.45, 2.75) is 13.5 Å². The zero-order chi connectivity index (χ0) is 24.2. The van der Waals surface area contributed by atoms with Gasteiger partial charge in [-0.25, -0.2) is 4.79 Å². The predicted octanol–water partition coefficient (Wildman–Crippen LogP) is 4.10. The van der Waals surface area contributed by atoms with E-state index in [2.05, 4.69) is 5.32 Å². The van der Waals surface area contributed by atoms with Crippen LogP contribution in [-0.4, -0.2) is 28.0 Å². The molecule has 0 atom stereocenters. The molecule has 0 saturated carbocycles. The summed E-state index contributed by atoms with van der Waals surface area (Å²) in [4.78, 5) is 38.1. The van der Waals surface area contributed by atoms with Crippen LogP contribution < -0.4 is 15.0 Å². The molecule has 7 nitrogen and oxygen atoms in total. The third-order valence-electron chi connectivity index (χ3n) is 5.23. The SMILES string of the molecule is Cc1ccccc1N1C(=O)C(=Cc2ccc(OCc3cccc(C(=O)O)c3)cc2)C(=O)NC1=S. The van der Waals surface area contributed by atoms with Crippen LogP contribution in [0.2, 0.25) is 0 Å². The van der Waals surface area contributed by atoms with Crippen molar-refractivity contribution < 1.29 is 24.2 Å². The molecule has 1 aliphatic heterocycles. The van der Waals surface area contributed by atoms with Gasteiger partial charge >= 0.3 is 5.97 Å². The van der Waals surface area contributed by atoms with Crippen molar-refractivity contribution in [1.29, 1.82) is 0 Å². The molecule has 0 spiro atoms. The molecule has 34 heavy (non-hydrogen) atoms. The number of benzene rings is 3. The quantitative estimate of drug-likeness (QED) is 0.319. The lowest BCUT2D eigenvalue weighted by molar-refractivity contribution is -0.122. The Kier molecular flexibility index (Phi) is 6.51. The van der Waals surface area contributed by atoms with E-state index in [-0.39, 0.29) is 22.9 Å². The summed E-state index contributed by atoms with van der Waals surface area (Å²) >= 11 is 5.25. The molecule has 1 heterocycles. The lowest BCUT2D eigenvalue weighted by Gasteiger charge is -2.30. The smallest absolute Gasteiger partial charge is 0.335 e. The number of carbonyl (C=O) groups excluding carboxylic acids is 2. The Bertz CT molecular complexity index is 1330. The maximum absolute atomic E-state index is 13.1. The molecule has 170 valence electrons. The molecule has 0 aromatic heterocycles. The van der Waals surface area contributed by atoms with Crippen LogP contribution in [0.5, 0.6) is 5.75 Å². The minimum atomic E-state index is -0.998. The van der Waals surface area contributed by atoms with Gasteiger partial charge in [0.25, 0.3) is 11.8 Å². The minimum Gasteiger partial charge on any atom is -0.489 e. The maximum atomic E-state index is 13.1. The van der Waals surface area contributed by atoms with E-state index in [1.807, 2.05) is 19.1 Å². The van der Waals surface area contributed by atoms with Gasteiger partial charge in [0.2, 0.25) is 0 Å². The molecule has 4 rings (SSSR count). The van der Waals surface area contributed by atoms with Crippen molar-refractivity contribution in [3.63, 3.8) is 0 Å². The zero-order valence-electron chi connectivity index (χ0n) is 18.1. The molecule has 8 heteroatoms. The normalized spacial score (nSPS) is 14.8. The van der Waals surface area contributed by atoms with Gasteiger partial charge in [-0.05, 0) is 72.2 Å². The summed E-state index contributed by atoms with van der Waals surface area (Å²) in [5.74, 6) is -1.49. The number of para-hydroxylation sites is 1. The van der Waals surface area contributed by atoms with Crippen LogP contribution in [0, 0.1) is 6.92 Å². The second kappa shape index (κ2) is 9.68. The number of carbonyl (C=O) groups is 3. The number of carboxylic acid groups (broad SMARTS) is 1. The number of aromatic carboxylic acids is 1. The average molecular weight is 473 g/mol. The maximum Gasteiger partial charge on any atom is 0.335 e. The Hall–Kier alpha value is -4.30. The van der Waals surface area contributed by atoms with Gasteiger partial charge in [0.05, 0.1) is 11.3 Å². The molecular formula is C26H20N2O5S. The molecule has 0 aliphatic carbocycles. The molecule has 0 radical (unpaired) electrons. The van der Waals surface area contributed by atoms with Crippen molar-refractivity contribution in [2.24, 2.45) is 0 Å². The summed E-state index contributed by atoms with van der Waals surface area (Å²) < 4.78 is 5.73. The van der Waals surface area contributed by atoms with Crippen molar-refractivity contribution >= 4 is 46.9 Å². The Morgan fingerprint density at radius 1 is 1.06 bits per heavy atom. The Balaban J connectivity index is 1.51. The topological polar surface area (TPSA) is 95.9 Å². The van der Waals surface area contributed by atoms with Gasteiger partial charge in [0, 0.05) is 0 Å². The van der Waals surface area contributed by atoms with E-state index in [1.165, 1.54) is 17.0 Å². The molecular weight excluding hydrogens is 452 g/mol. The number of carboxylic acids is 1. The van der Waals surface area contributed by atoms with Gasteiger partial charge in [-0.1, -0.05) is 42.5 Å². The highest BCUT2D eigenvalue weighted by Crippen LogP contribution is 2.25. The monoisotopic (exact) mass is 472 g/mol. The molecule has 2 N–H and O–H groups in total. The highest BCUT2D eigenvalue weighted by molar-refractivity contribution is 7.80. The summed E-state index contributed by atoms with van der Waals surface area (Å²) in [6.07, 6.45) is 1.50. The Labute approximate surface area is 201 Å². The second-order valence-corrected chi connectivity index (χ2v) is 7.99. The number of rotatable bonds is 6. The lowest BCUT2D eigenvalue weighted by Crippen LogP contribution is -2.54. The lowest BCUT2D eigenvalue weighted by atomic mass is 10.1. The number of hydrogen-bond donors (Lipinski definition) is 2. The van der Waals surface area contributed by atoms with E-state index in [0.29, 0.717) is 17.0 Å². The number of amides is 2. The van der Waals surface area contributed by atoms with Gasteiger partial charge < -0.3 is 9.84 Å². The summed E-state index contributed by atoms with van der Waals surface area (Å²) in [5.41, 5.74) is 2.98. The first-order valence-corrected chi connectivity index (χ1v) is 10.8. The highest BCUT2D eigenvalue weighted by atomic mass is 32.1. The summed E-state index contributed by atoms with van der Waals surface area (Å²) in [6, 6.07) is 20.7. The van der Waals surface area contributed by atoms with Crippen molar-refractivity contribution in [3.05, 3.63) is 101 Å². The van der Waals surface area contributed by atoms with E-state index < -0.39 is 17.8 Å². The molecule has 2 amide bonds. The number of nitrogens with one attached hydrogen (secondary N) is 1. The van der Waals surface area contributed by atoms with E-state index in [4.69, 9.17) is 22.1 Å². The number of aryl methyl sites for hydroxylation is 1. The molecule has 0 bridgehead atoms.